The number of carbonyl (C=O) groups excluding carboxylic acids is 2. The number of alkyl halides is 4. The summed E-state index contributed by atoms with van der Waals surface area (Å²) < 4.78 is 40.4. The molecule has 10 unspecified atom stereocenters. The normalized spacial score (nSPS) is 35.5. The summed E-state index contributed by atoms with van der Waals surface area (Å²) in [6, 6.07) is -0.500. The Balaban J connectivity index is 1.15. The number of hydrazine groups is 2. The largest absolute Gasteiger partial charge is 0.481 e. The Morgan fingerprint density at radius 1 is 1.00 bits per heavy atom. The van der Waals surface area contributed by atoms with E-state index in [1.54, 1.807) is 0 Å². The van der Waals surface area contributed by atoms with E-state index in [2.05, 4.69) is 36.7 Å². The number of piperidine rings is 1. The standard InChI is InChI=1S/C34H56ClF3N8O4/c35-29-9-7-21(14-28(29)34(36,37)38)18-40-43-33(50)27-17-26(45-11-2-1-3-12-45)8-10-30(27)41-32(49)23-6-4-5-22(13-23)19-46-20-25(42-44-46)15-24(39)16-31(47)48/h18,21-30,42,44H,1-17,19-20,39H2,(H,41,49)(H,43,50)(H,47,48)/b40-18+. The second-order valence-corrected chi connectivity index (χ2v) is 16.0. The molecule has 10 atom stereocenters. The van der Waals surface area contributed by atoms with Crippen molar-refractivity contribution in [2.45, 2.75) is 132 Å². The number of hydrogen-bond donors (Lipinski definition) is 6. The van der Waals surface area contributed by atoms with Crippen LogP contribution in [0.3, 0.4) is 0 Å². The van der Waals surface area contributed by atoms with Crippen LogP contribution in [0.1, 0.15) is 96.3 Å². The van der Waals surface area contributed by atoms with Gasteiger partial charge in [0.25, 0.3) is 0 Å². The predicted molar refractivity (Wildman–Crippen MR) is 184 cm³/mol. The second kappa shape index (κ2) is 18.1. The fourth-order valence-corrected chi connectivity index (χ4v) is 9.30. The minimum atomic E-state index is -4.37. The predicted octanol–water partition coefficient (Wildman–Crippen LogP) is 3.51. The van der Waals surface area contributed by atoms with E-state index in [1.807, 2.05) is 0 Å². The number of halogens is 4. The molecular formula is C34H56ClF3N8O4. The van der Waals surface area contributed by atoms with E-state index in [1.165, 1.54) is 12.6 Å². The van der Waals surface area contributed by atoms with Gasteiger partial charge >= 0.3 is 12.1 Å². The molecule has 5 aliphatic rings. The molecule has 5 fully saturated rings. The number of carboxylic acid groups (broad SMARTS) is 1. The number of carbonyl (C=O) groups is 3. The molecule has 16 heteroatoms. The van der Waals surface area contributed by atoms with Crippen LogP contribution in [0, 0.1) is 29.6 Å². The first-order valence-electron chi connectivity index (χ1n) is 18.7. The fraction of sp³-hybridized carbons (Fsp3) is 0.882. The zero-order valence-electron chi connectivity index (χ0n) is 28.9. The summed E-state index contributed by atoms with van der Waals surface area (Å²) in [6.45, 7) is 3.44. The average Bonchev–Trinajstić information content (AvgIpc) is 3.51. The van der Waals surface area contributed by atoms with Gasteiger partial charge in [0.05, 0.1) is 18.3 Å². The number of hydrazone groups is 1. The number of nitrogens with two attached hydrogens (primary N) is 1. The van der Waals surface area contributed by atoms with Crippen LogP contribution in [0.5, 0.6) is 0 Å². The maximum Gasteiger partial charge on any atom is 0.393 e. The zero-order chi connectivity index (χ0) is 35.8. The van der Waals surface area contributed by atoms with Gasteiger partial charge < -0.3 is 21.1 Å². The lowest BCUT2D eigenvalue weighted by atomic mass is 9.78. The van der Waals surface area contributed by atoms with E-state index in [0.29, 0.717) is 38.1 Å². The van der Waals surface area contributed by atoms with Crippen LogP contribution in [0.15, 0.2) is 5.10 Å². The highest BCUT2D eigenvalue weighted by molar-refractivity contribution is 6.20. The molecule has 2 amide bonds. The Bertz CT molecular complexity index is 1180. The van der Waals surface area contributed by atoms with Crippen LogP contribution >= 0.6 is 11.6 Å². The first-order chi connectivity index (χ1) is 23.9. The molecule has 2 heterocycles. The van der Waals surface area contributed by atoms with E-state index < -0.39 is 41.3 Å². The van der Waals surface area contributed by atoms with Crippen molar-refractivity contribution in [3.8, 4) is 0 Å². The van der Waals surface area contributed by atoms with Crippen molar-refractivity contribution < 1.29 is 32.7 Å². The molecule has 3 saturated carbocycles. The first kappa shape index (κ1) is 39.2. The maximum atomic E-state index is 13.7. The monoisotopic (exact) mass is 732 g/mol. The van der Waals surface area contributed by atoms with Crippen molar-refractivity contribution in [1.29, 1.82) is 0 Å². The van der Waals surface area contributed by atoms with Crippen molar-refractivity contribution in [2.75, 3.05) is 26.2 Å². The molecule has 0 bridgehead atoms. The van der Waals surface area contributed by atoms with Gasteiger partial charge in [0.1, 0.15) is 0 Å². The van der Waals surface area contributed by atoms with E-state index in [0.717, 1.165) is 64.6 Å². The number of amides is 2. The van der Waals surface area contributed by atoms with Gasteiger partial charge in [0, 0.05) is 54.8 Å². The molecule has 0 aromatic heterocycles. The lowest BCUT2D eigenvalue weighted by Gasteiger charge is -2.42. The van der Waals surface area contributed by atoms with Crippen molar-refractivity contribution in [3.05, 3.63) is 0 Å². The maximum absolute atomic E-state index is 13.7. The van der Waals surface area contributed by atoms with Gasteiger partial charge in [-0.2, -0.15) is 23.8 Å². The van der Waals surface area contributed by atoms with Crippen molar-refractivity contribution in [2.24, 2.45) is 40.4 Å². The molecule has 2 saturated heterocycles. The molecule has 284 valence electrons. The van der Waals surface area contributed by atoms with E-state index in [4.69, 9.17) is 22.4 Å². The number of rotatable bonds is 12. The molecule has 7 N–H and O–H groups in total. The highest BCUT2D eigenvalue weighted by Crippen LogP contribution is 2.42. The van der Waals surface area contributed by atoms with Gasteiger partial charge in [-0.05, 0) is 102 Å². The summed E-state index contributed by atoms with van der Waals surface area (Å²) in [4.78, 5) is 40.8. The Morgan fingerprint density at radius 3 is 2.52 bits per heavy atom. The van der Waals surface area contributed by atoms with Crippen LogP contribution in [0.4, 0.5) is 13.2 Å². The van der Waals surface area contributed by atoms with Crippen molar-refractivity contribution in [1.82, 2.24) is 31.6 Å². The molecule has 2 aliphatic heterocycles. The molecule has 0 spiro atoms. The Hall–Kier alpha value is -2.04. The van der Waals surface area contributed by atoms with Crippen molar-refractivity contribution >= 4 is 35.6 Å². The number of aliphatic carboxylic acids is 1. The topological polar surface area (TPSA) is 164 Å². The zero-order valence-corrected chi connectivity index (χ0v) is 29.6. The van der Waals surface area contributed by atoms with Crippen LogP contribution < -0.4 is 27.4 Å². The van der Waals surface area contributed by atoms with E-state index in [-0.39, 0.29) is 55.1 Å². The van der Waals surface area contributed by atoms with Gasteiger partial charge in [0.15, 0.2) is 0 Å². The summed E-state index contributed by atoms with van der Waals surface area (Å²) in [7, 11) is 0. The SMILES string of the molecule is NC(CC(=O)O)CC1CN(CC2CCCC(C(=O)NC3CCC(N4CCCCC4)CC3C(=O)N/N=C/C3CCC(Cl)C(C(F)(F)F)C3)C2)NN1. The lowest BCUT2D eigenvalue weighted by Crippen LogP contribution is -2.54. The van der Waals surface area contributed by atoms with Crippen LogP contribution in [0.25, 0.3) is 0 Å². The number of likely N-dealkylation sites (tertiary alicyclic amines) is 1. The Morgan fingerprint density at radius 2 is 1.78 bits per heavy atom. The second-order valence-electron chi connectivity index (χ2n) is 15.5. The third-order valence-corrected chi connectivity index (χ3v) is 12.1. The van der Waals surface area contributed by atoms with Gasteiger partial charge in [-0.25, -0.2) is 15.9 Å². The number of nitrogens with zero attached hydrogens (tertiary/aromatic N) is 3. The lowest BCUT2D eigenvalue weighted by molar-refractivity contribution is -0.182. The van der Waals surface area contributed by atoms with Crippen LogP contribution in [-0.4, -0.2) is 101 Å². The molecule has 50 heavy (non-hydrogen) atoms. The molecule has 0 radical (unpaired) electrons. The van der Waals surface area contributed by atoms with Crippen LogP contribution in [-0.2, 0) is 14.4 Å². The molecular weight excluding hydrogens is 677 g/mol. The van der Waals surface area contributed by atoms with Crippen molar-refractivity contribution in [3.63, 3.8) is 0 Å². The highest BCUT2D eigenvalue weighted by atomic mass is 35.5. The third-order valence-electron chi connectivity index (χ3n) is 11.6. The van der Waals surface area contributed by atoms with Gasteiger partial charge in [-0.1, -0.05) is 12.8 Å². The summed E-state index contributed by atoms with van der Waals surface area (Å²) in [5.41, 5.74) is 15.0. The quantitative estimate of drug-likeness (QED) is 0.100. The summed E-state index contributed by atoms with van der Waals surface area (Å²) >= 11 is 5.99. The first-order valence-corrected chi connectivity index (χ1v) is 19.1. The minimum absolute atomic E-state index is 0.0292. The van der Waals surface area contributed by atoms with Gasteiger partial charge in [-0.15, -0.1) is 11.6 Å². The third kappa shape index (κ3) is 11.2. The highest BCUT2D eigenvalue weighted by Gasteiger charge is 2.47. The Labute approximate surface area is 298 Å². The number of nitrogens with one attached hydrogen (secondary N) is 4. The summed E-state index contributed by atoms with van der Waals surface area (Å²) in [6.07, 6.45) is 7.17. The summed E-state index contributed by atoms with van der Waals surface area (Å²) in [5, 5.41) is 17.5. The molecule has 3 aliphatic carbocycles. The van der Waals surface area contributed by atoms with Gasteiger partial charge in [-0.3, -0.25) is 14.4 Å². The summed E-state index contributed by atoms with van der Waals surface area (Å²) in [5.74, 6) is -3.63. The minimum Gasteiger partial charge on any atom is -0.481 e. The molecule has 5 rings (SSSR count). The van der Waals surface area contributed by atoms with E-state index >= 15 is 0 Å². The number of hydrogen-bond acceptors (Lipinski definition) is 9. The molecule has 0 aromatic rings. The average molecular weight is 733 g/mol. The van der Waals surface area contributed by atoms with E-state index in [9.17, 15) is 27.6 Å². The van der Waals surface area contributed by atoms with Crippen LogP contribution in [0.2, 0.25) is 0 Å². The van der Waals surface area contributed by atoms with Gasteiger partial charge in [0.2, 0.25) is 11.8 Å². The number of carboxylic acids is 1. The molecule has 0 aromatic carbocycles. The fourth-order valence-electron chi connectivity index (χ4n) is 8.93. The smallest absolute Gasteiger partial charge is 0.393 e. The Kier molecular flexibility index (Phi) is 14.2. The molecule has 12 nitrogen and oxygen atoms in total.